The van der Waals surface area contributed by atoms with Crippen LogP contribution in [0.3, 0.4) is 0 Å². The molecular formula is C26H27F3N2O2. The number of aliphatic carboxylic acids is 1. The van der Waals surface area contributed by atoms with Crippen molar-refractivity contribution in [2.45, 2.75) is 57.3 Å². The molecule has 0 spiro atoms. The SMILES string of the molecule is C[C@@H]1Cc2c([nH]c3ccccc23)[C@@H](c2c(F)cc(C3CC3C(=O)O)cc2F)N1CC(C)(C)F. The number of halogens is 3. The number of hydrogen-bond acceptors (Lipinski definition) is 2. The van der Waals surface area contributed by atoms with Gasteiger partial charge < -0.3 is 10.1 Å². The molecule has 2 heterocycles. The van der Waals surface area contributed by atoms with Crippen LogP contribution in [0.25, 0.3) is 10.9 Å². The third kappa shape index (κ3) is 3.82. The van der Waals surface area contributed by atoms with Crippen LogP contribution < -0.4 is 0 Å². The number of nitrogens with zero attached hydrogens (tertiary/aromatic N) is 1. The first-order chi connectivity index (χ1) is 15.5. The lowest BCUT2D eigenvalue weighted by atomic mass is 9.86. The molecule has 3 aromatic rings. The van der Waals surface area contributed by atoms with Crippen LogP contribution in [-0.4, -0.2) is 39.2 Å². The molecule has 4 nitrogen and oxygen atoms in total. The lowest BCUT2D eigenvalue weighted by molar-refractivity contribution is -0.138. The maximum absolute atomic E-state index is 15.6. The van der Waals surface area contributed by atoms with Crippen molar-refractivity contribution in [3.8, 4) is 0 Å². The summed E-state index contributed by atoms with van der Waals surface area (Å²) in [7, 11) is 0. The number of aromatic nitrogens is 1. The summed E-state index contributed by atoms with van der Waals surface area (Å²) in [6.07, 6.45) is 1.01. The highest BCUT2D eigenvalue weighted by Crippen LogP contribution is 2.49. The number of aromatic amines is 1. The molecule has 7 heteroatoms. The zero-order valence-corrected chi connectivity index (χ0v) is 18.8. The van der Waals surface area contributed by atoms with E-state index in [1.807, 2.05) is 36.1 Å². The van der Waals surface area contributed by atoms with Crippen LogP contribution in [-0.2, 0) is 11.2 Å². The Morgan fingerprint density at radius 2 is 1.88 bits per heavy atom. The van der Waals surface area contributed by atoms with Crippen LogP contribution in [0.1, 0.15) is 61.5 Å². The number of benzene rings is 2. The van der Waals surface area contributed by atoms with Gasteiger partial charge in [0.05, 0.1) is 12.0 Å². The number of carboxylic acids is 1. The van der Waals surface area contributed by atoms with Crippen molar-refractivity contribution in [1.82, 2.24) is 9.88 Å². The molecule has 1 aromatic heterocycles. The molecule has 2 N–H and O–H groups in total. The van der Waals surface area contributed by atoms with Gasteiger partial charge >= 0.3 is 5.97 Å². The fourth-order valence-corrected chi connectivity index (χ4v) is 5.41. The first kappa shape index (κ1) is 22.0. The zero-order chi connectivity index (χ0) is 23.7. The third-order valence-electron chi connectivity index (χ3n) is 6.99. The first-order valence-corrected chi connectivity index (χ1v) is 11.3. The molecule has 1 saturated carbocycles. The monoisotopic (exact) mass is 456 g/mol. The molecule has 0 radical (unpaired) electrons. The van der Waals surface area contributed by atoms with E-state index in [1.54, 1.807) is 0 Å². The number of para-hydroxylation sites is 1. The topological polar surface area (TPSA) is 56.3 Å². The minimum Gasteiger partial charge on any atom is -0.481 e. The van der Waals surface area contributed by atoms with Crippen molar-refractivity contribution in [3.05, 3.63) is 70.4 Å². The fraction of sp³-hybridized carbons (Fsp3) is 0.423. The summed E-state index contributed by atoms with van der Waals surface area (Å²) in [5.41, 5.74) is 1.21. The smallest absolute Gasteiger partial charge is 0.307 e. The zero-order valence-electron chi connectivity index (χ0n) is 18.8. The Morgan fingerprint density at radius 3 is 2.48 bits per heavy atom. The highest BCUT2D eigenvalue weighted by atomic mass is 19.1. The number of rotatable bonds is 5. The minimum absolute atomic E-state index is 0.0119. The summed E-state index contributed by atoms with van der Waals surface area (Å²) in [6, 6.07) is 9.28. The molecule has 0 amide bonds. The number of hydrogen-bond donors (Lipinski definition) is 2. The molecular weight excluding hydrogens is 429 g/mol. The van der Waals surface area contributed by atoms with Gasteiger partial charge in [-0.1, -0.05) is 18.2 Å². The summed E-state index contributed by atoms with van der Waals surface area (Å²) < 4.78 is 46.0. The van der Waals surface area contributed by atoms with Crippen molar-refractivity contribution in [1.29, 1.82) is 0 Å². The van der Waals surface area contributed by atoms with Gasteiger partial charge in [0.1, 0.15) is 17.3 Å². The Bertz CT molecular complexity index is 1220. The normalized spacial score (nSPS) is 25.3. The van der Waals surface area contributed by atoms with E-state index in [-0.39, 0.29) is 24.1 Å². The molecule has 2 aromatic carbocycles. The lowest BCUT2D eigenvalue weighted by Gasteiger charge is -2.43. The maximum atomic E-state index is 15.6. The molecule has 4 atom stereocenters. The average molecular weight is 457 g/mol. The summed E-state index contributed by atoms with van der Waals surface area (Å²) in [5.74, 6) is -3.40. The van der Waals surface area contributed by atoms with Gasteiger partial charge in [0, 0.05) is 34.7 Å². The number of fused-ring (bicyclic) bond motifs is 3. The summed E-state index contributed by atoms with van der Waals surface area (Å²) in [5, 5.41) is 10.2. The van der Waals surface area contributed by atoms with Gasteiger partial charge in [-0.2, -0.15) is 0 Å². The second-order valence-electron chi connectivity index (χ2n) is 10.1. The highest BCUT2D eigenvalue weighted by Gasteiger charge is 2.46. The van der Waals surface area contributed by atoms with Gasteiger partial charge in [-0.05, 0) is 68.9 Å². The van der Waals surface area contributed by atoms with Gasteiger partial charge in [0.15, 0.2) is 0 Å². The van der Waals surface area contributed by atoms with Gasteiger partial charge in [0.2, 0.25) is 0 Å². The number of carbonyl (C=O) groups is 1. The Balaban J connectivity index is 1.66. The molecule has 2 aliphatic rings. The Labute approximate surface area is 190 Å². The van der Waals surface area contributed by atoms with Gasteiger partial charge in [0.25, 0.3) is 0 Å². The largest absolute Gasteiger partial charge is 0.481 e. The van der Waals surface area contributed by atoms with E-state index in [4.69, 9.17) is 0 Å². The van der Waals surface area contributed by atoms with Crippen molar-refractivity contribution in [3.63, 3.8) is 0 Å². The quantitative estimate of drug-likeness (QED) is 0.516. The number of carboxylic acid groups (broad SMARTS) is 1. The second-order valence-corrected chi connectivity index (χ2v) is 10.1. The summed E-state index contributed by atoms with van der Waals surface area (Å²) in [4.78, 5) is 16.4. The van der Waals surface area contributed by atoms with Crippen LogP contribution >= 0.6 is 0 Å². The van der Waals surface area contributed by atoms with Gasteiger partial charge in [-0.15, -0.1) is 0 Å². The standard InChI is InChI=1S/C26H27F3N2O2/c1-13-8-17-15-6-4-5-7-21(15)30-23(17)24(31(13)12-26(2,3)29)22-19(27)9-14(10-20(22)28)16-11-18(16)25(32)33/h4-7,9-10,13,16,18,24,30H,8,11-12H2,1-3H3,(H,32,33)/t13-,16?,18?,24-/m1/s1. The molecule has 33 heavy (non-hydrogen) atoms. The van der Waals surface area contributed by atoms with Crippen LogP contribution in [0, 0.1) is 17.6 Å². The molecule has 1 fully saturated rings. The van der Waals surface area contributed by atoms with E-state index in [0.29, 0.717) is 24.1 Å². The van der Waals surface area contributed by atoms with E-state index in [1.165, 1.54) is 26.0 Å². The molecule has 0 saturated heterocycles. The number of H-pyrrole nitrogens is 1. The van der Waals surface area contributed by atoms with E-state index in [2.05, 4.69) is 4.98 Å². The molecule has 174 valence electrons. The average Bonchev–Trinajstić information content (AvgIpc) is 3.45. The van der Waals surface area contributed by atoms with E-state index < -0.39 is 35.2 Å². The maximum Gasteiger partial charge on any atom is 0.307 e. The van der Waals surface area contributed by atoms with Gasteiger partial charge in [-0.3, -0.25) is 9.69 Å². The lowest BCUT2D eigenvalue weighted by Crippen LogP contribution is -2.48. The Kier molecular flexibility index (Phi) is 5.08. The minimum atomic E-state index is -1.56. The number of alkyl halides is 1. The molecule has 5 rings (SSSR count). The van der Waals surface area contributed by atoms with Crippen LogP contribution in [0.15, 0.2) is 36.4 Å². The first-order valence-electron chi connectivity index (χ1n) is 11.3. The Morgan fingerprint density at radius 1 is 1.21 bits per heavy atom. The molecule has 1 aliphatic heterocycles. The molecule has 0 bridgehead atoms. The van der Waals surface area contributed by atoms with Gasteiger partial charge in [-0.25, -0.2) is 13.2 Å². The highest BCUT2D eigenvalue weighted by molar-refractivity contribution is 5.85. The summed E-state index contributed by atoms with van der Waals surface area (Å²) in [6.45, 7) is 4.90. The van der Waals surface area contributed by atoms with Crippen molar-refractivity contribution in [2.75, 3.05) is 6.54 Å². The summed E-state index contributed by atoms with van der Waals surface area (Å²) >= 11 is 0. The van der Waals surface area contributed by atoms with Crippen molar-refractivity contribution >= 4 is 16.9 Å². The van der Waals surface area contributed by atoms with Crippen LogP contribution in [0.4, 0.5) is 13.2 Å². The third-order valence-corrected chi connectivity index (χ3v) is 6.99. The van der Waals surface area contributed by atoms with E-state index in [0.717, 1.165) is 16.5 Å². The Hall–Kier alpha value is -2.80. The predicted octanol–water partition coefficient (Wildman–Crippen LogP) is 5.72. The van der Waals surface area contributed by atoms with Crippen LogP contribution in [0.5, 0.6) is 0 Å². The predicted molar refractivity (Wildman–Crippen MR) is 120 cm³/mol. The fourth-order valence-electron chi connectivity index (χ4n) is 5.41. The van der Waals surface area contributed by atoms with E-state index in [9.17, 15) is 14.3 Å². The molecule has 1 aliphatic carbocycles. The van der Waals surface area contributed by atoms with Crippen molar-refractivity contribution in [2.24, 2.45) is 5.92 Å². The van der Waals surface area contributed by atoms with E-state index >= 15 is 8.78 Å². The second kappa shape index (κ2) is 7.62. The van der Waals surface area contributed by atoms with Crippen molar-refractivity contribution < 1.29 is 23.1 Å². The number of nitrogens with one attached hydrogen (secondary N) is 1. The molecule has 2 unspecified atom stereocenters. The van der Waals surface area contributed by atoms with Crippen LogP contribution in [0.2, 0.25) is 0 Å².